The van der Waals surface area contributed by atoms with Crippen molar-refractivity contribution < 1.29 is 15.0 Å². The minimum absolute atomic E-state index is 0.0823. The molecular weight excluding hydrogens is 380 g/mol. The molecule has 0 unspecified atom stereocenters. The highest BCUT2D eigenvalue weighted by atomic mass is 16.4. The van der Waals surface area contributed by atoms with Crippen LogP contribution < -0.4 is 5.43 Å². The van der Waals surface area contributed by atoms with E-state index in [0.717, 1.165) is 23.1 Å². The molecule has 0 fully saturated rings. The summed E-state index contributed by atoms with van der Waals surface area (Å²) >= 11 is 0. The van der Waals surface area contributed by atoms with Crippen molar-refractivity contribution in [3.63, 3.8) is 0 Å². The fourth-order valence-corrected chi connectivity index (χ4v) is 3.42. The van der Waals surface area contributed by atoms with Gasteiger partial charge in [-0.1, -0.05) is 75.0 Å². The second kappa shape index (κ2) is 8.53. The number of hydrogen-bond acceptors (Lipinski definition) is 4. The summed E-state index contributed by atoms with van der Waals surface area (Å²) in [5.41, 5.74) is 2.80. The van der Waals surface area contributed by atoms with Gasteiger partial charge in [0.1, 0.15) is 0 Å². The van der Waals surface area contributed by atoms with Crippen LogP contribution in [0.15, 0.2) is 81.9 Å². The van der Waals surface area contributed by atoms with Gasteiger partial charge in [0.15, 0.2) is 5.75 Å². The van der Waals surface area contributed by atoms with Crippen LogP contribution in [-0.4, -0.2) is 26.0 Å². The first-order valence-corrected chi connectivity index (χ1v) is 9.84. The number of aromatic carboxylic acids is 1. The minimum atomic E-state index is -1.46. The van der Waals surface area contributed by atoms with Crippen LogP contribution in [0.5, 0.6) is 5.75 Å². The molecule has 0 atom stereocenters. The van der Waals surface area contributed by atoms with Crippen LogP contribution in [0, 0.1) is 5.41 Å². The highest BCUT2D eigenvalue weighted by molar-refractivity contribution is 5.85. The number of allylic oxidation sites excluding steroid dienone is 12. The lowest BCUT2D eigenvalue weighted by Gasteiger charge is -2.21. The van der Waals surface area contributed by atoms with E-state index in [-0.39, 0.29) is 12.0 Å². The molecule has 0 radical (unpaired) electrons. The van der Waals surface area contributed by atoms with Gasteiger partial charge in [0.2, 0.25) is 5.69 Å². The molecule has 0 amide bonds. The third-order valence-electron chi connectivity index (χ3n) is 5.13. The van der Waals surface area contributed by atoms with Crippen LogP contribution in [0.3, 0.4) is 0 Å². The lowest BCUT2D eigenvalue weighted by molar-refractivity contribution is 0.0685. The van der Waals surface area contributed by atoms with E-state index in [1.165, 1.54) is 16.5 Å². The maximum absolute atomic E-state index is 11.8. The first-order chi connectivity index (χ1) is 14.2. The van der Waals surface area contributed by atoms with Gasteiger partial charge in [0.25, 0.3) is 5.43 Å². The molecule has 1 aromatic rings. The molecule has 6 nitrogen and oxygen atoms in total. The molecule has 1 aromatic heterocycles. The molecule has 0 saturated heterocycles. The van der Waals surface area contributed by atoms with Gasteiger partial charge < -0.3 is 10.2 Å². The number of carboxylic acids is 1. The predicted octanol–water partition coefficient (Wildman–Crippen LogP) is 4.32. The molecule has 2 aliphatic rings. The molecule has 156 valence electrons. The van der Waals surface area contributed by atoms with E-state index in [2.05, 4.69) is 50.2 Å². The van der Waals surface area contributed by atoms with Gasteiger partial charge in [0, 0.05) is 0 Å². The number of aromatic nitrogens is 2. The minimum Gasteiger partial charge on any atom is -0.503 e. The predicted molar refractivity (Wildman–Crippen MR) is 116 cm³/mol. The summed E-state index contributed by atoms with van der Waals surface area (Å²) in [6.45, 7) is 6.83. The molecular formula is C24H26N2O4. The van der Waals surface area contributed by atoms with Crippen molar-refractivity contribution in [2.24, 2.45) is 5.41 Å². The molecule has 30 heavy (non-hydrogen) atoms. The standard InChI is InChI=1S/C24H26N2O4/c1-24(2,3)18-10-7-9-16(12-13-18)19-11-6-4-5-8-17(19)14-26-15-20(27)22(28)21(25-26)23(29)30/h4-7,9,11-13,15,27H,8,10,14H2,1-3H3,(H,29,30). The first-order valence-electron chi connectivity index (χ1n) is 9.84. The molecule has 0 aromatic carbocycles. The van der Waals surface area contributed by atoms with E-state index in [1.807, 2.05) is 24.3 Å². The molecule has 0 bridgehead atoms. The lowest BCUT2D eigenvalue weighted by Crippen LogP contribution is -2.22. The zero-order chi connectivity index (χ0) is 21.9. The Labute approximate surface area is 175 Å². The van der Waals surface area contributed by atoms with Gasteiger partial charge in [0.05, 0.1) is 12.7 Å². The third-order valence-corrected chi connectivity index (χ3v) is 5.13. The average molecular weight is 406 g/mol. The Morgan fingerprint density at radius 2 is 1.90 bits per heavy atom. The maximum atomic E-state index is 11.8. The van der Waals surface area contributed by atoms with Gasteiger partial charge >= 0.3 is 5.97 Å². The van der Waals surface area contributed by atoms with Crippen molar-refractivity contribution in [3.8, 4) is 5.75 Å². The number of carbonyl (C=O) groups is 1. The van der Waals surface area contributed by atoms with E-state index in [1.54, 1.807) is 0 Å². The largest absolute Gasteiger partial charge is 0.503 e. The number of rotatable bonds is 4. The van der Waals surface area contributed by atoms with Gasteiger partial charge in [-0.2, -0.15) is 5.10 Å². The Morgan fingerprint density at radius 3 is 2.60 bits per heavy atom. The molecule has 3 rings (SSSR count). The Kier molecular flexibility index (Phi) is 6.06. The second-order valence-corrected chi connectivity index (χ2v) is 8.37. The van der Waals surface area contributed by atoms with E-state index < -0.39 is 22.8 Å². The Morgan fingerprint density at radius 1 is 1.13 bits per heavy atom. The molecule has 2 N–H and O–H groups in total. The van der Waals surface area contributed by atoms with Crippen LogP contribution in [-0.2, 0) is 6.54 Å². The van der Waals surface area contributed by atoms with Crippen LogP contribution in [0.1, 0.15) is 44.1 Å². The van der Waals surface area contributed by atoms with Crippen molar-refractivity contribution in [1.29, 1.82) is 0 Å². The average Bonchev–Trinajstić information content (AvgIpc) is 3.04. The number of nitrogens with zero attached hydrogens (tertiary/aromatic N) is 2. The highest BCUT2D eigenvalue weighted by Crippen LogP contribution is 2.32. The number of carboxylic acid groups (broad SMARTS) is 1. The Bertz CT molecular complexity index is 1100. The van der Waals surface area contributed by atoms with Crippen molar-refractivity contribution >= 4 is 5.97 Å². The van der Waals surface area contributed by atoms with Gasteiger partial charge in [-0.05, 0) is 35.0 Å². The van der Waals surface area contributed by atoms with Gasteiger partial charge in [-0.3, -0.25) is 9.48 Å². The Balaban J connectivity index is 2.05. The summed E-state index contributed by atoms with van der Waals surface area (Å²) in [4.78, 5) is 23.1. The second-order valence-electron chi connectivity index (χ2n) is 8.37. The van der Waals surface area contributed by atoms with Crippen LogP contribution in [0.25, 0.3) is 0 Å². The zero-order valence-electron chi connectivity index (χ0n) is 17.4. The van der Waals surface area contributed by atoms with Crippen LogP contribution in [0.2, 0.25) is 0 Å². The van der Waals surface area contributed by atoms with Gasteiger partial charge in [-0.15, -0.1) is 0 Å². The molecule has 1 heterocycles. The molecule has 0 spiro atoms. The lowest BCUT2D eigenvalue weighted by atomic mass is 9.84. The van der Waals surface area contributed by atoms with Crippen molar-refractivity contribution in [2.75, 3.05) is 0 Å². The van der Waals surface area contributed by atoms with E-state index in [0.29, 0.717) is 6.42 Å². The summed E-state index contributed by atoms with van der Waals surface area (Å²) < 4.78 is 1.31. The summed E-state index contributed by atoms with van der Waals surface area (Å²) in [5, 5.41) is 23.0. The van der Waals surface area contributed by atoms with Crippen molar-refractivity contribution in [1.82, 2.24) is 9.78 Å². The maximum Gasteiger partial charge on any atom is 0.360 e. The first kappa shape index (κ1) is 21.3. The van der Waals surface area contributed by atoms with Crippen molar-refractivity contribution in [3.05, 3.63) is 93.0 Å². The molecule has 0 aliphatic heterocycles. The normalized spacial score (nSPS) is 16.8. The van der Waals surface area contributed by atoms with E-state index in [9.17, 15) is 19.8 Å². The Hall–Kier alpha value is -3.41. The number of hydrogen-bond donors (Lipinski definition) is 2. The molecule has 6 heteroatoms. The summed E-state index contributed by atoms with van der Waals surface area (Å²) in [6.07, 6.45) is 19.2. The smallest absolute Gasteiger partial charge is 0.360 e. The fourth-order valence-electron chi connectivity index (χ4n) is 3.42. The van der Waals surface area contributed by atoms with E-state index >= 15 is 0 Å². The van der Waals surface area contributed by atoms with Gasteiger partial charge in [-0.25, -0.2) is 4.79 Å². The highest BCUT2D eigenvalue weighted by Gasteiger charge is 2.19. The molecule has 2 aliphatic carbocycles. The fraction of sp³-hybridized carbons (Fsp3) is 0.292. The monoisotopic (exact) mass is 406 g/mol. The summed E-state index contributed by atoms with van der Waals surface area (Å²) in [7, 11) is 0. The van der Waals surface area contributed by atoms with Crippen LogP contribution in [0.4, 0.5) is 0 Å². The zero-order valence-corrected chi connectivity index (χ0v) is 17.4. The SMILES string of the molecule is CC(C)(C)C1=CC=C(C2=C(Cn3cc(O)c(=O)c(C(=O)O)n3)CC=CC=C2)C=CC1. The topological polar surface area (TPSA) is 92.4 Å². The van der Waals surface area contributed by atoms with E-state index in [4.69, 9.17) is 0 Å². The summed E-state index contributed by atoms with van der Waals surface area (Å²) in [5.74, 6) is -2.09. The van der Waals surface area contributed by atoms with Crippen LogP contribution >= 0.6 is 0 Å². The third kappa shape index (κ3) is 4.76. The quantitative estimate of drug-likeness (QED) is 0.777. The number of aromatic hydroxyl groups is 1. The van der Waals surface area contributed by atoms with Crippen molar-refractivity contribution in [2.45, 2.75) is 40.2 Å². The summed E-state index contributed by atoms with van der Waals surface area (Å²) in [6, 6.07) is 0. The molecule has 0 saturated carbocycles.